The first-order valence-electron chi connectivity index (χ1n) is 9.40. The maximum Gasteiger partial charge on any atom is 0.397 e. The molecule has 5 atom stereocenters. The number of rotatable bonds is 12. The van der Waals surface area contributed by atoms with Gasteiger partial charge < -0.3 is 29.0 Å². The number of hydrogen-bond donors (Lipinski definition) is 2. The highest BCUT2D eigenvalue weighted by Crippen LogP contribution is 2.31. The van der Waals surface area contributed by atoms with E-state index < -0.39 is 70.6 Å². The largest absolute Gasteiger partial charge is 0.862 e. The van der Waals surface area contributed by atoms with Crippen LogP contribution in [0.3, 0.4) is 0 Å². The third kappa shape index (κ3) is 9.57. The summed E-state index contributed by atoms with van der Waals surface area (Å²) >= 11 is 0. The van der Waals surface area contributed by atoms with Gasteiger partial charge in [-0.3, -0.25) is 13.7 Å². The molecule has 16 heteroatoms. The SMILES string of the molecule is CC([O-])=N[C@H]1[C@@H](OCCO)O[C@H](COS(=O)(=O)[O-])[C@@H](OCc2ccccc2)[C@@H]1OS(=O)(=O)O. The molecule has 1 aliphatic rings. The molecule has 1 aliphatic heterocycles. The average Bonchev–Trinajstić information content (AvgIpc) is 2.70. The van der Waals surface area contributed by atoms with Crippen molar-refractivity contribution < 1.29 is 58.7 Å². The van der Waals surface area contributed by atoms with Gasteiger partial charge in [0.1, 0.15) is 24.4 Å². The Morgan fingerprint density at radius 2 is 1.82 bits per heavy atom. The molecular formula is C17H23NO13S2-2. The van der Waals surface area contributed by atoms with Crippen LogP contribution in [0.1, 0.15) is 12.5 Å². The standard InChI is InChI=1S/C17H25NO13S2/c1-11(20)18-14-16(31-33(24,25)26)15(28-9-12-5-3-2-4-6-12)13(10-29-32(21,22)23)30-17(14)27-8-7-19/h2-6,13-17,19H,7-10H2,1H3,(H,18,20)(H,21,22,23)(H,24,25,26)/p-2/t13-,14-,15-,16-,17+/m1/s1. The van der Waals surface area contributed by atoms with Gasteiger partial charge in [-0.2, -0.15) is 8.42 Å². The van der Waals surface area contributed by atoms with E-state index in [0.29, 0.717) is 5.56 Å². The molecule has 0 aliphatic carbocycles. The highest BCUT2D eigenvalue weighted by atomic mass is 32.3. The van der Waals surface area contributed by atoms with Gasteiger partial charge in [0.15, 0.2) is 6.29 Å². The minimum atomic E-state index is -5.19. The quantitative estimate of drug-likeness (QED) is 0.136. The molecule has 1 fully saturated rings. The molecule has 1 heterocycles. The van der Waals surface area contributed by atoms with Crippen LogP contribution in [0, 0.1) is 0 Å². The molecule has 1 saturated heterocycles. The molecule has 0 spiro atoms. The van der Waals surface area contributed by atoms with Gasteiger partial charge in [-0.25, -0.2) is 12.6 Å². The Kier molecular flexibility index (Phi) is 10.1. The summed E-state index contributed by atoms with van der Waals surface area (Å²) in [7, 11) is -10.3. The van der Waals surface area contributed by atoms with E-state index >= 15 is 0 Å². The molecule has 14 nitrogen and oxygen atoms in total. The van der Waals surface area contributed by atoms with Gasteiger partial charge in [-0.1, -0.05) is 30.3 Å². The fourth-order valence-corrected chi connectivity index (χ4v) is 3.85. The van der Waals surface area contributed by atoms with Crippen molar-refractivity contribution in [2.24, 2.45) is 4.99 Å². The Balaban J connectivity index is 2.45. The third-order valence-electron chi connectivity index (χ3n) is 4.21. The normalized spacial score (nSPS) is 26.9. The van der Waals surface area contributed by atoms with Gasteiger partial charge in [0.2, 0.25) is 10.4 Å². The van der Waals surface area contributed by atoms with Crippen molar-refractivity contribution in [3.8, 4) is 0 Å². The Labute approximate surface area is 190 Å². The van der Waals surface area contributed by atoms with Gasteiger partial charge in [0, 0.05) is 0 Å². The molecule has 1 aromatic rings. The lowest BCUT2D eigenvalue weighted by atomic mass is 9.97. The second kappa shape index (κ2) is 12.1. The van der Waals surface area contributed by atoms with Crippen LogP contribution in [0.4, 0.5) is 0 Å². The average molecular weight is 513 g/mol. The number of hydrogen-bond acceptors (Lipinski definition) is 13. The number of aliphatic imine (C=N–C) groups is 1. The highest BCUT2D eigenvalue weighted by molar-refractivity contribution is 7.81. The maximum atomic E-state index is 11.7. The first kappa shape index (κ1) is 27.5. The van der Waals surface area contributed by atoms with Gasteiger partial charge in [0.25, 0.3) is 0 Å². The number of nitrogens with zero attached hydrogens (tertiary/aromatic N) is 1. The van der Waals surface area contributed by atoms with Crippen LogP contribution >= 0.6 is 0 Å². The van der Waals surface area contributed by atoms with Gasteiger partial charge >= 0.3 is 10.4 Å². The summed E-state index contributed by atoms with van der Waals surface area (Å²) in [5.74, 6) is -0.788. The van der Waals surface area contributed by atoms with Crippen LogP contribution in [0.15, 0.2) is 35.3 Å². The summed E-state index contributed by atoms with van der Waals surface area (Å²) in [6, 6.07) is 6.93. The zero-order valence-corrected chi connectivity index (χ0v) is 18.9. The van der Waals surface area contributed by atoms with E-state index in [-0.39, 0.29) is 13.2 Å². The monoisotopic (exact) mass is 513 g/mol. The summed E-state index contributed by atoms with van der Waals surface area (Å²) in [5.41, 5.74) is 0.609. The fraction of sp³-hybridized carbons (Fsp3) is 0.588. The van der Waals surface area contributed by atoms with Gasteiger partial charge in [-0.15, -0.1) is 0 Å². The van der Waals surface area contributed by atoms with Crippen molar-refractivity contribution in [1.29, 1.82) is 0 Å². The summed E-state index contributed by atoms with van der Waals surface area (Å²) < 4.78 is 90.7. The van der Waals surface area contributed by atoms with Gasteiger partial charge in [0.05, 0.1) is 26.4 Å². The first-order valence-corrected chi connectivity index (χ1v) is 12.1. The zero-order valence-electron chi connectivity index (χ0n) is 17.3. The van der Waals surface area contributed by atoms with Crippen LogP contribution in [0.2, 0.25) is 0 Å². The second-order valence-electron chi connectivity index (χ2n) is 6.72. The van der Waals surface area contributed by atoms with Crippen molar-refractivity contribution in [3.05, 3.63) is 35.9 Å². The minimum Gasteiger partial charge on any atom is -0.862 e. The van der Waals surface area contributed by atoms with E-state index in [1.54, 1.807) is 30.3 Å². The molecule has 0 radical (unpaired) electrons. The fourth-order valence-electron chi connectivity index (χ4n) is 3.05. The van der Waals surface area contributed by atoms with Crippen molar-refractivity contribution in [2.75, 3.05) is 19.8 Å². The van der Waals surface area contributed by atoms with E-state index in [2.05, 4.69) is 9.18 Å². The Bertz CT molecular complexity index is 979. The summed E-state index contributed by atoms with van der Waals surface area (Å²) in [6.07, 6.45) is -6.34. The Morgan fingerprint density at radius 3 is 2.36 bits per heavy atom. The predicted octanol–water partition coefficient (Wildman–Crippen LogP) is -1.88. The zero-order chi connectivity index (χ0) is 24.6. The van der Waals surface area contributed by atoms with Crippen LogP contribution in [-0.2, 0) is 50.0 Å². The van der Waals surface area contributed by atoms with E-state index in [1.807, 2.05) is 0 Å². The molecule has 2 rings (SSSR count). The molecule has 0 amide bonds. The molecular weight excluding hydrogens is 490 g/mol. The van der Waals surface area contributed by atoms with Crippen molar-refractivity contribution >= 4 is 26.7 Å². The van der Waals surface area contributed by atoms with E-state index in [4.69, 9.17) is 23.5 Å². The van der Waals surface area contributed by atoms with Gasteiger partial charge in [-0.05, 0) is 18.4 Å². The highest BCUT2D eigenvalue weighted by Gasteiger charge is 2.50. The van der Waals surface area contributed by atoms with Crippen LogP contribution in [0.5, 0.6) is 0 Å². The molecule has 0 bridgehead atoms. The van der Waals surface area contributed by atoms with Crippen molar-refractivity contribution in [3.63, 3.8) is 0 Å². The van der Waals surface area contributed by atoms with Crippen molar-refractivity contribution in [1.82, 2.24) is 0 Å². The summed E-state index contributed by atoms with van der Waals surface area (Å²) in [4.78, 5) is 3.71. The van der Waals surface area contributed by atoms with Crippen LogP contribution in [-0.4, -0.2) is 87.4 Å². The molecule has 33 heavy (non-hydrogen) atoms. The molecule has 0 aromatic heterocycles. The van der Waals surface area contributed by atoms with Crippen LogP contribution in [0.25, 0.3) is 0 Å². The molecule has 188 valence electrons. The molecule has 2 N–H and O–H groups in total. The van der Waals surface area contributed by atoms with Crippen molar-refractivity contribution in [2.45, 2.75) is 44.2 Å². The minimum absolute atomic E-state index is 0.171. The predicted molar refractivity (Wildman–Crippen MR) is 106 cm³/mol. The molecule has 0 unspecified atom stereocenters. The first-order chi connectivity index (χ1) is 15.4. The smallest absolute Gasteiger partial charge is 0.397 e. The Morgan fingerprint density at radius 1 is 1.15 bits per heavy atom. The Hall–Kier alpha value is -1.73. The van der Waals surface area contributed by atoms with Crippen LogP contribution < -0.4 is 5.11 Å². The maximum absolute atomic E-state index is 11.7. The number of benzene rings is 1. The third-order valence-corrected chi connectivity index (χ3v) is 5.10. The topological polar surface area (TPSA) is 213 Å². The number of aliphatic hydroxyl groups is 1. The summed E-state index contributed by atoms with van der Waals surface area (Å²) in [6.45, 7) is -0.915. The molecule has 1 aromatic carbocycles. The second-order valence-corrected chi connectivity index (χ2v) is 8.82. The van der Waals surface area contributed by atoms with E-state index in [1.165, 1.54) is 0 Å². The van der Waals surface area contributed by atoms with E-state index in [0.717, 1.165) is 6.92 Å². The lowest BCUT2D eigenvalue weighted by molar-refractivity contribution is -0.273. The lowest BCUT2D eigenvalue weighted by Crippen LogP contribution is -2.61. The number of ether oxygens (including phenoxy) is 3. The lowest BCUT2D eigenvalue weighted by Gasteiger charge is -2.44. The number of aliphatic hydroxyl groups excluding tert-OH is 1. The van der Waals surface area contributed by atoms with E-state index in [9.17, 15) is 31.0 Å². The summed E-state index contributed by atoms with van der Waals surface area (Å²) in [5, 5.41) is 20.7. The molecule has 0 saturated carbocycles.